The van der Waals surface area contributed by atoms with Crippen molar-refractivity contribution in [3.8, 4) is 0 Å². The second-order valence-corrected chi connectivity index (χ2v) is 4.44. The van der Waals surface area contributed by atoms with Gasteiger partial charge in [-0.2, -0.15) is 0 Å². The summed E-state index contributed by atoms with van der Waals surface area (Å²) in [5.41, 5.74) is 0. The maximum atomic E-state index is 11.9. The highest BCUT2D eigenvalue weighted by Crippen LogP contribution is 2.24. The highest BCUT2D eigenvalue weighted by atomic mass is 16.4. The van der Waals surface area contributed by atoms with Gasteiger partial charge in [-0.3, -0.25) is 4.79 Å². The molecule has 8 heteroatoms. The molecule has 1 rings (SSSR count). The summed E-state index contributed by atoms with van der Waals surface area (Å²) in [6, 6.07) is -2.12. The number of urea groups is 1. The van der Waals surface area contributed by atoms with Crippen molar-refractivity contribution in [2.45, 2.75) is 37.8 Å². The summed E-state index contributed by atoms with van der Waals surface area (Å²) < 4.78 is 0. The van der Waals surface area contributed by atoms with E-state index >= 15 is 0 Å². The van der Waals surface area contributed by atoms with E-state index in [0.29, 0.717) is 0 Å². The van der Waals surface area contributed by atoms with E-state index in [2.05, 4.69) is 5.32 Å². The lowest BCUT2D eigenvalue weighted by atomic mass is 9.91. The van der Waals surface area contributed by atoms with Crippen LogP contribution in [0, 0.1) is 0 Å². The van der Waals surface area contributed by atoms with Crippen molar-refractivity contribution < 1.29 is 29.7 Å². The van der Waals surface area contributed by atoms with Gasteiger partial charge in [0.15, 0.2) is 0 Å². The molecule has 0 heterocycles. The molecule has 0 bridgehead atoms. The molecule has 1 atom stereocenters. The molecule has 0 aromatic carbocycles. The SMILES string of the molecule is O=C(O)CC(NC(=O)N(CCO)C1CCC1)C(=O)O. The molecule has 1 aliphatic rings. The summed E-state index contributed by atoms with van der Waals surface area (Å²) in [5, 5.41) is 28.5. The number of hydrogen-bond acceptors (Lipinski definition) is 4. The highest BCUT2D eigenvalue weighted by Gasteiger charge is 2.31. The molecule has 0 aromatic heterocycles. The van der Waals surface area contributed by atoms with Crippen molar-refractivity contribution in [3.63, 3.8) is 0 Å². The summed E-state index contributed by atoms with van der Waals surface area (Å²) in [7, 11) is 0. The third-order valence-corrected chi connectivity index (χ3v) is 3.09. The topological polar surface area (TPSA) is 127 Å². The molecule has 1 aliphatic carbocycles. The zero-order valence-corrected chi connectivity index (χ0v) is 10.4. The molecule has 0 saturated heterocycles. The quantitative estimate of drug-likeness (QED) is 0.494. The van der Waals surface area contributed by atoms with Gasteiger partial charge in [-0.15, -0.1) is 0 Å². The zero-order chi connectivity index (χ0) is 14.4. The van der Waals surface area contributed by atoms with Crippen LogP contribution < -0.4 is 5.32 Å². The number of hydrogen-bond donors (Lipinski definition) is 4. The van der Waals surface area contributed by atoms with Crippen LogP contribution in [0.4, 0.5) is 4.79 Å². The fraction of sp³-hybridized carbons (Fsp3) is 0.727. The van der Waals surface area contributed by atoms with Crippen LogP contribution in [-0.4, -0.2) is 63.4 Å². The van der Waals surface area contributed by atoms with Gasteiger partial charge in [0.1, 0.15) is 6.04 Å². The zero-order valence-electron chi connectivity index (χ0n) is 10.4. The Balaban J connectivity index is 2.61. The third-order valence-electron chi connectivity index (χ3n) is 3.09. The van der Waals surface area contributed by atoms with Gasteiger partial charge in [0.2, 0.25) is 0 Å². The Bertz CT molecular complexity index is 355. The predicted molar refractivity (Wildman–Crippen MR) is 63.6 cm³/mol. The minimum Gasteiger partial charge on any atom is -0.481 e. The Labute approximate surface area is 110 Å². The normalized spacial score (nSPS) is 16.3. The number of rotatable bonds is 7. The van der Waals surface area contributed by atoms with Crippen LogP contribution in [0.15, 0.2) is 0 Å². The summed E-state index contributed by atoms with van der Waals surface area (Å²) in [5.74, 6) is -2.70. The van der Waals surface area contributed by atoms with E-state index in [4.69, 9.17) is 15.3 Å². The Hall–Kier alpha value is -1.83. The van der Waals surface area contributed by atoms with Gasteiger partial charge in [0.05, 0.1) is 13.0 Å². The van der Waals surface area contributed by atoms with Gasteiger partial charge in [-0.25, -0.2) is 9.59 Å². The first-order valence-corrected chi connectivity index (χ1v) is 6.08. The Morgan fingerprint density at radius 3 is 2.26 bits per heavy atom. The first-order chi connectivity index (χ1) is 8.95. The fourth-order valence-electron chi connectivity index (χ4n) is 1.86. The van der Waals surface area contributed by atoms with Crippen LogP contribution in [0.3, 0.4) is 0 Å². The van der Waals surface area contributed by atoms with Gasteiger partial charge in [-0.05, 0) is 19.3 Å². The van der Waals surface area contributed by atoms with Crippen LogP contribution in [0.25, 0.3) is 0 Å². The second kappa shape index (κ2) is 6.93. The molecule has 108 valence electrons. The molecular formula is C11H18N2O6. The molecule has 0 radical (unpaired) electrons. The predicted octanol–water partition coefficient (Wildman–Crippen LogP) is -0.529. The van der Waals surface area contributed by atoms with Gasteiger partial charge in [0.25, 0.3) is 0 Å². The van der Waals surface area contributed by atoms with Crippen LogP contribution in [0.1, 0.15) is 25.7 Å². The summed E-state index contributed by atoms with van der Waals surface area (Å²) in [4.78, 5) is 34.7. The van der Waals surface area contributed by atoms with Gasteiger partial charge in [-0.1, -0.05) is 0 Å². The van der Waals surface area contributed by atoms with E-state index in [1.807, 2.05) is 0 Å². The van der Waals surface area contributed by atoms with Crippen LogP contribution >= 0.6 is 0 Å². The number of aliphatic hydroxyl groups excluding tert-OH is 1. The smallest absolute Gasteiger partial charge is 0.326 e. The molecular weight excluding hydrogens is 256 g/mol. The number of aliphatic hydroxyl groups is 1. The summed E-state index contributed by atoms with van der Waals surface area (Å²) in [6.07, 6.45) is 1.92. The van der Waals surface area contributed by atoms with E-state index in [0.717, 1.165) is 19.3 Å². The lowest BCUT2D eigenvalue weighted by Gasteiger charge is -2.37. The maximum Gasteiger partial charge on any atom is 0.326 e. The number of carboxylic acid groups (broad SMARTS) is 2. The van der Waals surface area contributed by atoms with Crippen molar-refractivity contribution in [3.05, 3.63) is 0 Å². The second-order valence-electron chi connectivity index (χ2n) is 4.44. The highest BCUT2D eigenvalue weighted by molar-refractivity contribution is 5.86. The Morgan fingerprint density at radius 1 is 1.26 bits per heavy atom. The minimum atomic E-state index is -1.47. The molecule has 0 aliphatic heterocycles. The average Bonchev–Trinajstić information content (AvgIpc) is 2.24. The summed E-state index contributed by atoms with van der Waals surface area (Å²) >= 11 is 0. The van der Waals surface area contributed by atoms with Crippen molar-refractivity contribution >= 4 is 18.0 Å². The maximum absolute atomic E-state index is 11.9. The molecule has 1 fully saturated rings. The Kier molecular flexibility index (Phi) is 5.56. The largest absolute Gasteiger partial charge is 0.481 e. The van der Waals surface area contributed by atoms with Gasteiger partial charge in [0, 0.05) is 12.6 Å². The molecule has 0 aromatic rings. The van der Waals surface area contributed by atoms with Crippen LogP contribution in [0.5, 0.6) is 0 Å². The number of nitrogens with one attached hydrogen (secondary N) is 1. The molecule has 1 unspecified atom stereocenters. The number of amides is 2. The molecule has 8 nitrogen and oxygen atoms in total. The monoisotopic (exact) mass is 274 g/mol. The standard InChI is InChI=1S/C11H18N2O6/c14-5-4-13(7-2-1-3-7)11(19)12-8(10(17)18)6-9(15)16/h7-8,14H,1-6H2,(H,12,19)(H,15,16)(H,17,18). The van der Waals surface area contributed by atoms with Crippen molar-refractivity contribution in [1.29, 1.82) is 0 Å². The minimum absolute atomic E-state index is 0.00794. The first-order valence-electron chi connectivity index (χ1n) is 6.08. The van der Waals surface area contributed by atoms with Crippen molar-refractivity contribution in [2.24, 2.45) is 0 Å². The summed E-state index contributed by atoms with van der Waals surface area (Å²) in [6.45, 7) is -0.115. The van der Waals surface area contributed by atoms with Crippen LogP contribution in [-0.2, 0) is 9.59 Å². The lowest BCUT2D eigenvalue weighted by Crippen LogP contribution is -2.54. The van der Waals surface area contributed by atoms with E-state index < -0.39 is 30.4 Å². The number of carboxylic acids is 2. The van der Waals surface area contributed by atoms with E-state index in [1.165, 1.54) is 4.90 Å². The molecule has 0 spiro atoms. The lowest BCUT2D eigenvalue weighted by molar-refractivity contribution is -0.145. The fourth-order valence-corrected chi connectivity index (χ4v) is 1.86. The van der Waals surface area contributed by atoms with Crippen molar-refractivity contribution in [2.75, 3.05) is 13.2 Å². The number of nitrogens with zero attached hydrogens (tertiary/aromatic N) is 1. The van der Waals surface area contributed by atoms with Crippen molar-refractivity contribution in [1.82, 2.24) is 10.2 Å². The molecule has 1 saturated carbocycles. The van der Waals surface area contributed by atoms with E-state index in [1.54, 1.807) is 0 Å². The average molecular weight is 274 g/mol. The first kappa shape index (κ1) is 15.2. The number of carbonyl (C=O) groups is 3. The van der Waals surface area contributed by atoms with Crippen LogP contribution in [0.2, 0.25) is 0 Å². The van der Waals surface area contributed by atoms with E-state index in [9.17, 15) is 14.4 Å². The molecule has 2 amide bonds. The van der Waals surface area contributed by atoms with Gasteiger partial charge < -0.3 is 25.5 Å². The molecule has 4 N–H and O–H groups in total. The van der Waals surface area contributed by atoms with E-state index in [-0.39, 0.29) is 19.2 Å². The van der Waals surface area contributed by atoms with Gasteiger partial charge >= 0.3 is 18.0 Å². The third kappa shape index (κ3) is 4.40. The number of aliphatic carboxylic acids is 2. The molecule has 19 heavy (non-hydrogen) atoms. The Morgan fingerprint density at radius 2 is 1.89 bits per heavy atom. The number of carbonyl (C=O) groups excluding carboxylic acids is 1.